The van der Waals surface area contributed by atoms with E-state index >= 15 is 0 Å². The molecular formula is C17H11N5OS2. The molecule has 4 heterocycles. The van der Waals surface area contributed by atoms with Crippen molar-refractivity contribution in [3.05, 3.63) is 47.8 Å². The second-order valence-electron chi connectivity index (χ2n) is 5.33. The molecule has 5 aromatic rings. The molecule has 0 atom stereocenters. The summed E-state index contributed by atoms with van der Waals surface area (Å²) < 4.78 is 7.20. The number of hydrogen-bond acceptors (Lipinski definition) is 7. The summed E-state index contributed by atoms with van der Waals surface area (Å²) >= 11 is 3.09. The third-order valence-electron chi connectivity index (χ3n) is 3.85. The first-order valence-corrected chi connectivity index (χ1v) is 9.23. The molecule has 4 aromatic heterocycles. The van der Waals surface area contributed by atoms with Crippen molar-refractivity contribution in [3.8, 4) is 27.2 Å². The third-order valence-corrected chi connectivity index (χ3v) is 5.64. The van der Waals surface area contributed by atoms with Crippen LogP contribution in [0.4, 0.5) is 0 Å². The van der Waals surface area contributed by atoms with Crippen LogP contribution in [0.2, 0.25) is 0 Å². The van der Waals surface area contributed by atoms with Gasteiger partial charge < -0.3 is 4.74 Å². The second kappa shape index (κ2) is 5.61. The van der Waals surface area contributed by atoms with E-state index in [1.165, 1.54) is 11.3 Å². The maximum Gasteiger partial charge on any atom is 0.235 e. The Bertz CT molecular complexity index is 1190. The third kappa shape index (κ3) is 2.30. The van der Waals surface area contributed by atoms with E-state index in [-0.39, 0.29) is 0 Å². The van der Waals surface area contributed by atoms with Gasteiger partial charge in [0.05, 0.1) is 12.0 Å². The number of nitrogens with zero attached hydrogens (tertiary/aromatic N) is 5. The number of thiophene rings is 1. The van der Waals surface area contributed by atoms with Crippen LogP contribution in [-0.2, 0) is 0 Å². The van der Waals surface area contributed by atoms with Crippen molar-refractivity contribution in [1.29, 1.82) is 0 Å². The smallest absolute Gasteiger partial charge is 0.235 e. The van der Waals surface area contributed by atoms with Crippen LogP contribution in [0.3, 0.4) is 0 Å². The monoisotopic (exact) mass is 365 g/mol. The van der Waals surface area contributed by atoms with Crippen LogP contribution in [-0.4, -0.2) is 31.9 Å². The van der Waals surface area contributed by atoms with Gasteiger partial charge in [0.2, 0.25) is 4.96 Å². The molecule has 6 nitrogen and oxygen atoms in total. The highest BCUT2D eigenvalue weighted by atomic mass is 32.1. The largest absolute Gasteiger partial charge is 0.494 e. The van der Waals surface area contributed by atoms with E-state index in [2.05, 4.69) is 15.3 Å². The average Bonchev–Trinajstić information content (AvgIpc) is 3.37. The minimum absolute atomic E-state index is 0.750. The number of pyridine rings is 1. The van der Waals surface area contributed by atoms with Crippen molar-refractivity contribution in [2.24, 2.45) is 0 Å². The number of methoxy groups -OCH3 is 1. The van der Waals surface area contributed by atoms with Crippen LogP contribution in [0, 0.1) is 0 Å². The lowest BCUT2D eigenvalue weighted by atomic mass is 10.2. The van der Waals surface area contributed by atoms with Gasteiger partial charge in [-0.25, -0.2) is 4.98 Å². The van der Waals surface area contributed by atoms with Gasteiger partial charge in [-0.15, -0.1) is 21.5 Å². The maximum absolute atomic E-state index is 5.42. The zero-order valence-corrected chi connectivity index (χ0v) is 14.7. The summed E-state index contributed by atoms with van der Waals surface area (Å²) in [5.41, 5.74) is 1.62. The van der Waals surface area contributed by atoms with Crippen molar-refractivity contribution >= 4 is 38.5 Å². The molecule has 122 valence electrons. The molecule has 0 aliphatic heterocycles. The van der Waals surface area contributed by atoms with Crippen LogP contribution < -0.4 is 4.74 Å². The Morgan fingerprint density at radius 3 is 2.84 bits per heavy atom. The van der Waals surface area contributed by atoms with Crippen molar-refractivity contribution < 1.29 is 4.74 Å². The van der Waals surface area contributed by atoms with Crippen molar-refractivity contribution in [2.45, 2.75) is 0 Å². The molecule has 8 heteroatoms. The van der Waals surface area contributed by atoms with Crippen LogP contribution in [0.25, 0.3) is 37.3 Å². The average molecular weight is 365 g/mol. The zero-order chi connectivity index (χ0) is 16.8. The molecule has 0 unspecified atom stereocenters. The van der Waals surface area contributed by atoms with Gasteiger partial charge in [-0.2, -0.15) is 9.61 Å². The number of aromatic nitrogens is 5. The normalized spacial score (nSPS) is 11.4. The Kier molecular flexibility index (Phi) is 3.25. The molecule has 5 rings (SSSR count). The highest BCUT2D eigenvalue weighted by Crippen LogP contribution is 2.31. The first-order chi connectivity index (χ1) is 12.3. The quantitative estimate of drug-likeness (QED) is 0.481. The fourth-order valence-corrected chi connectivity index (χ4v) is 4.19. The predicted molar refractivity (Wildman–Crippen MR) is 99.3 cm³/mol. The lowest BCUT2D eigenvalue weighted by Crippen LogP contribution is -1.92. The number of fused-ring (bicyclic) bond motifs is 2. The molecule has 0 bridgehead atoms. The summed E-state index contributed by atoms with van der Waals surface area (Å²) in [5, 5.41) is 17.0. The fourth-order valence-electron chi connectivity index (χ4n) is 2.68. The van der Waals surface area contributed by atoms with Crippen molar-refractivity contribution in [1.82, 2.24) is 24.8 Å². The summed E-state index contributed by atoms with van der Waals surface area (Å²) in [6.45, 7) is 0. The van der Waals surface area contributed by atoms with Gasteiger partial charge in [-0.05, 0) is 23.6 Å². The number of hydrogen-bond donors (Lipinski definition) is 0. The van der Waals surface area contributed by atoms with Crippen molar-refractivity contribution in [3.63, 3.8) is 0 Å². The standard InChI is InChI=1S/C17H11N5OS2/c1-23-12-5-2-4-10-7-8-11(18-14(10)12)16-21-22-15(13-6-3-9-24-13)19-20-17(22)25-16/h2-9H,1H3. The molecule has 0 aliphatic rings. The minimum Gasteiger partial charge on any atom is -0.494 e. The Labute approximate surface area is 150 Å². The molecule has 1 aromatic carbocycles. The van der Waals surface area contributed by atoms with E-state index in [4.69, 9.17) is 9.72 Å². The fraction of sp³-hybridized carbons (Fsp3) is 0.0588. The van der Waals surface area contributed by atoms with E-state index in [1.54, 1.807) is 23.0 Å². The highest BCUT2D eigenvalue weighted by Gasteiger charge is 2.16. The van der Waals surface area contributed by atoms with E-state index in [1.807, 2.05) is 47.8 Å². The summed E-state index contributed by atoms with van der Waals surface area (Å²) in [4.78, 5) is 6.54. The summed E-state index contributed by atoms with van der Waals surface area (Å²) in [6.07, 6.45) is 0. The summed E-state index contributed by atoms with van der Waals surface area (Å²) in [7, 11) is 1.65. The number of benzene rings is 1. The molecule has 0 N–H and O–H groups in total. The van der Waals surface area contributed by atoms with Gasteiger partial charge in [0, 0.05) is 5.39 Å². The highest BCUT2D eigenvalue weighted by molar-refractivity contribution is 7.19. The molecule has 0 fully saturated rings. The zero-order valence-electron chi connectivity index (χ0n) is 13.1. The van der Waals surface area contributed by atoms with E-state index < -0.39 is 0 Å². The van der Waals surface area contributed by atoms with Crippen LogP contribution in [0.1, 0.15) is 0 Å². The summed E-state index contributed by atoms with van der Waals surface area (Å²) in [5.74, 6) is 1.51. The second-order valence-corrected chi connectivity index (χ2v) is 7.23. The number of rotatable bonds is 3. The lowest BCUT2D eigenvalue weighted by Gasteiger charge is -2.05. The lowest BCUT2D eigenvalue weighted by molar-refractivity contribution is 0.419. The maximum atomic E-state index is 5.42. The van der Waals surface area contributed by atoms with Gasteiger partial charge >= 0.3 is 0 Å². The van der Waals surface area contributed by atoms with Gasteiger partial charge in [0.25, 0.3) is 0 Å². The molecule has 0 amide bonds. The predicted octanol–water partition coefficient (Wildman–Crippen LogP) is 4.14. The van der Waals surface area contributed by atoms with Crippen molar-refractivity contribution in [2.75, 3.05) is 7.11 Å². The Morgan fingerprint density at radius 1 is 1.04 bits per heavy atom. The molecule has 0 aliphatic carbocycles. The van der Waals surface area contributed by atoms with Gasteiger partial charge in [0.15, 0.2) is 10.8 Å². The topological polar surface area (TPSA) is 65.2 Å². The molecule has 0 saturated heterocycles. The van der Waals surface area contributed by atoms with Crippen LogP contribution >= 0.6 is 22.7 Å². The SMILES string of the molecule is COc1cccc2ccc(-c3nn4c(-c5cccs5)nnc4s3)nc12. The Balaban J connectivity index is 1.67. The number of ether oxygens (including phenoxy) is 1. The molecule has 0 spiro atoms. The van der Waals surface area contributed by atoms with E-state index in [9.17, 15) is 0 Å². The Morgan fingerprint density at radius 2 is 2.00 bits per heavy atom. The molecule has 25 heavy (non-hydrogen) atoms. The molecule has 0 radical (unpaired) electrons. The minimum atomic E-state index is 0.750. The summed E-state index contributed by atoms with van der Waals surface area (Å²) in [6, 6.07) is 13.9. The Hall–Kier alpha value is -2.84. The first-order valence-electron chi connectivity index (χ1n) is 7.54. The molecule has 0 saturated carbocycles. The van der Waals surface area contributed by atoms with Gasteiger partial charge in [-0.3, -0.25) is 0 Å². The van der Waals surface area contributed by atoms with Crippen LogP contribution in [0.5, 0.6) is 5.75 Å². The first kappa shape index (κ1) is 14.5. The van der Waals surface area contributed by atoms with E-state index in [0.29, 0.717) is 0 Å². The van der Waals surface area contributed by atoms with E-state index in [0.717, 1.165) is 43.0 Å². The van der Waals surface area contributed by atoms with Crippen LogP contribution in [0.15, 0.2) is 47.8 Å². The molecular weight excluding hydrogens is 354 g/mol. The van der Waals surface area contributed by atoms with Gasteiger partial charge in [-0.1, -0.05) is 35.6 Å². The van der Waals surface area contributed by atoms with Gasteiger partial charge in [0.1, 0.15) is 17.0 Å². The number of para-hydroxylation sites is 1.